The molecular weight excluding hydrogens is 344 g/mol. The SMILES string of the molecule is Cc1cc(C)c(CNC(=O)/C=C/c2cccc(Br)c2)c(=O)[nH]1. The second kappa shape index (κ2) is 7.22. The van der Waals surface area contributed by atoms with Gasteiger partial charge in [-0.3, -0.25) is 9.59 Å². The highest BCUT2D eigenvalue weighted by molar-refractivity contribution is 9.10. The summed E-state index contributed by atoms with van der Waals surface area (Å²) >= 11 is 3.38. The zero-order chi connectivity index (χ0) is 16.1. The fourth-order valence-electron chi connectivity index (χ4n) is 2.12. The van der Waals surface area contributed by atoms with Crippen molar-refractivity contribution in [1.29, 1.82) is 0 Å². The number of aromatic amines is 1. The van der Waals surface area contributed by atoms with Crippen molar-refractivity contribution >= 4 is 27.9 Å². The molecule has 0 spiro atoms. The molecule has 2 aromatic rings. The molecule has 0 fully saturated rings. The van der Waals surface area contributed by atoms with E-state index in [0.717, 1.165) is 21.3 Å². The van der Waals surface area contributed by atoms with Gasteiger partial charge in [-0.1, -0.05) is 28.1 Å². The van der Waals surface area contributed by atoms with Crippen LogP contribution in [-0.4, -0.2) is 10.9 Å². The Morgan fingerprint density at radius 3 is 2.77 bits per heavy atom. The normalized spacial score (nSPS) is 10.9. The maximum Gasteiger partial charge on any atom is 0.253 e. The molecule has 0 unspecified atom stereocenters. The molecule has 1 aromatic heterocycles. The van der Waals surface area contributed by atoms with Gasteiger partial charge in [0.05, 0.1) is 0 Å². The molecule has 1 heterocycles. The Kier molecular flexibility index (Phi) is 5.33. The Morgan fingerprint density at radius 1 is 1.32 bits per heavy atom. The van der Waals surface area contributed by atoms with Crippen LogP contribution < -0.4 is 10.9 Å². The van der Waals surface area contributed by atoms with Crippen LogP contribution in [0.25, 0.3) is 6.08 Å². The number of carbonyl (C=O) groups excluding carboxylic acids is 1. The molecule has 114 valence electrons. The molecule has 1 amide bonds. The summed E-state index contributed by atoms with van der Waals surface area (Å²) < 4.78 is 0.955. The van der Waals surface area contributed by atoms with Gasteiger partial charge in [-0.05, 0) is 49.2 Å². The van der Waals surface area contributed by atoms with E-state index in [1.807, 2.05) is 44.2 Å². The van der Waals surface area contributed by atoms with Gasteiger partial charge >= 0.3 is 0 Å². The molecular formula is C17H17BrN2O2. The lowest BCUT2D eigenvalue weighted by Crippen LogP contribution is -2.26. The van der Waals surface area contributed by atoms with Crippen LogP contribution in [0.2, 0.25) is 0 Å². The summed E-state index contributed by atoms with van der Waals surface area (Å²) in [7, 11) is 0. The highest BCUT2D eigenvalue weighted by Crippen LogP contribution is 2.12. The van der Waals surface area contributed by atoms with Crippen LogP contribution in [0.5, 0.6) is 0 Å². The van der Waals surface area contributed by atoms with Crippen LogP contribution in [-0.2, 0) is 11.3 Å². The number of benzene rings is 1. The molecule has 2 N–H and O–H groups in total. The van der Waals surface area contributed by atoms with Gasteiger partial charge in [0.15, 0.2) is 0 Å². The fraction of sp³-hybridized carbons (Fsp3) is 0.176. The van der Waals surface area contributed by atoms with E-state index < -0.39 is 0 Å². The molecule has 1 aromatic carbocycles. The average Bonchev–Trinajstić information content (AvgIpc) is 2.44. The number of carbonyl (C=O) groups is 1. The van der Waals surface area contributed by atoms with Crippen LogP contribution in [0, 0.1) is 13.8 Å². The van der Waals surface area contributed by atoms with E-state index in [-0.39, 0.29) is 18.0 Å². The molecule has 0 aliphatic carbocycles. The number of hydrogen-bond acceptors (Lipinski definition) is 2. The number of pyridine rings is 1. The van der Waals surface area contributed by atoms with Crippen molar-refractivity contribution in [2.24, 2.45) is 0 Å². The molecule has 22 heavy (non-hydrogen) atoms. The van der Waals surface area contributed by atoms with E-state index in [1.54, 1.807) is 6.08 Å². The third-order valence-electron chi connectivity index (χ3n) is 3.21. The summed E-state index contributed by atoms with van der Waals surface area (Å²) in [6.45, 7) is 3.90. The third kappa shape index (κ3) is 4.43. The molecule has 5 heteroatoms. The van der Waals surface area contributed by atoms with E-state index in [1.165, 1.54) is 6.08 Å². The van der Waals surface area contributed by atoms with Crippen molar-refractivity contribution in [3.05, 3.63) is 73.6 Å². The lowest BCUT2D eigenvalue weighted by atomic mass is 10.1. The summed E-state index contributed by atoms with van der Waals surface area (Å²) in [6.07, 6.45) is 3.19. The van der Waals surface area contributed by atoms with Crippen LogP contribution in [0.1, 0.15) is 22.4 Å². The minimum Gasteiger partial charge on any atom is -0.348 e. The van der Waals surface area contributed by atoms with Crippen LogP contribution in [0.15, 0.2) is 45.7 Å². The first-order valence-electron chi connectivity index (χ1n) is 6.86. The Balaban J connectivity index is 2.00. The number of halogens is 1. The maximum absolute atomic E-state index is 11.9. The zero-order valence-electron chi connectivity index (χ0n) is 12.4. The standard InChI is InChI=1S/C17H17BrN2O2/c1-11-8-12(2)20-17(22)15(11)10-19-16(21)7-6-13-4-3-5-14(18)9-13/h3-9H,10H2,1-2H3,(H,19,21)(H,20,22)/b7-6+. The van der Waals surface area contributed by atoms with Crippen molar-refractivity contribution in [3.8, 4) is 0 Å². The molecule has 4 nitrogen and oxygen atoms in total. The third-order valence-corrected chi connectivity index (χ3v) is 3.70. The lowest BCUT2D eigenvalue weighted by molar-refractivity contribution is -0.116. The van der Waals surface area contributed by atoms with Gasteiger partial charge in [0.2, 0.25) is 5.91 Å². The minimum atomic E-state index is -0.237. The van der Waals surface area contributed by atoms with Gasteiger partial charge in [0.25, 0.3) is 5.56 Å². The summed E-state index contributed by atoms with van der Waals surface area (Å²) in [5, 5.41) is 2.73. The predicted molar refractivity (Wildman–Crippen MR) is 91.6 cm³/mol. The summed E-state index contributed by atoms with van der Waals surface area (Å²) in [4.78, 5) is 26.4. The molecule has 0 saturated heterocycles. The maximum atomic E-state index is 11.9. The van der Waals surface area contributed by atoms with Gasteiger partial charge in [0.1, 0.15) is 0 Å². The van der Waals surface area contributed by atoms with Gasteiger partial charge in [0, 0.05) is 28.4 Å². The average molecular weight is 361 g/mol. The number of aromatic nitrogens is 1. The van der Waals surface area contributed by atoms with Gasteiger partial charge in [-0.25, -0.2) is 0 Å². The molecule has 0 saturated carbocycles. The minimum absolute atomic E-state index is 0.159. The lowest BCUT2D eigenvalue weighted by Gasteiger charge is -2.06. The monoisotopic (exact) mass is 360 g/mol. The Bertz CT molecular complexity index is 778. The van der Waals surface area contributed by atoms with Crippen LogP contribution >= 0.6 is 15.9 Å². The number of rotatable bonds is 4. The van der Waals surface area contributed by atoms with E-state index in [4.69, 9.17) is 0 Å². The largest absolute Gasteiger partial charge is 0.348 e. The Morgan fingerprint density at radius 2 is 2.09 bits per heavy atom. The van der Waals surface area contributed by atoms with E-state index >= 15 is 0 Å². The molecule has 0 aliphatic heterocycles. The Hall–Kier alpha value is -2.14. The topological polar surface area (TPSA) is 62.0 Å². The predicted octanol–water partition coefficient (Wildman–Crippen LogP) is 3.08. The van der Waals surface area contributed by atoms with Crippen molar-refractivity contribution in [2.75, 3.05) is 0 Å². The Labute approximate surface area is 137 Å². The summed E-state index contributed by atoms with van der Waals surface area (Å²) in [5.41, 5.74) is 3.03. The molecule has 0 bridgehead atoms. The molecule has 0 atom stereocenters. The summed E-state index contributed by atoms with van der Waals surface area (Å²) in [6, 6.07) is 9.53. The van der Waals surface area contributed by atoms with Crippen molar-refractivity contribution in [3.63, 3.8) is 0 Å². The fourth-order valence-corrected chi connectivity index (χ4v) is 2.53. The first kappa shape index (κ1) is 16.2. The van der Waals surface area contributed by atoms with Crippen LogP contribution in [0.3, 0.4) is 0 Å². The number of nitrogens with one attached hydrogen (secondary N) is 2. The van der Waals surface area contributed by atoms with Crippen molar-refractivity contribution in [1.82, 2.24) is 10.3 Å². The second-order valence-corrected chi connectivity index (χ2v) is 5.96. The van der Waals surface area contributed by atoms with Crippen molar-refractivity contribution < 1.29 is 4.79 Å². The molecule has 0 radical (unpaired) electrons. The highest BCUT2D eigenvalue weighted by Gasteiger charge is 2.06. The van der Waals surface area contributed by atoms with E-state index in [0.29, 0.717) is 5.56 Å². The number of hydrogen-bond donors (Lipinski definition) is 2. The quantitative estimate of drug-likeness (QED) is 0.823. The van der Waals surface area contributed by atoms with E-state index in [9.17, 15) is 9.59 Å². The van der Waals surface area contributed by atoms with Crippen LogP contribution in [0.4, 0.5) is 0 Å². The first-order valence-corrected chi connectivity index (χ1v) is 7.66. The molecule has 0 aliphatic rings. The van der Waals surface area contributed by atoms with Gasteiger partial charge < -0.3 is 10.3 Å². The van der Waals surface area contributed by atoms with Gasteiger partial charge in [-0.15, -0.1) is 0 Å². The number of H-pyrrole nitrogens is 1. The zero-order valence-corrected chi connectivity index (χ0v) is 14.0. The highest BCUT2D eigenvalue weighted by atomic mass is 79.9. The molecule has 2 rings (SSSR count). The van der Waals surface area contributed by atoms with E-state index in [2.05, 4.69) is 26.2 Å². The van der Waals surface area contributed by atoms with Crippen molar-refractivity contribution in [2.45, 2.75) is 20.4 Å². The van der Waals surface area contributed by atoms with Gasteiger partial charge in [-0.2, -0.15) is 0 Å². The smallest absolute Gasteiger partial charge is 0.253 e. The summed E-state index contributed by atoms with van der Waals surface area (Å²) in [5.74, 6) is -0.237. The number of aryl methyl sites for hydroxylation is 2. The first-order chi connectivity index (χ1) is 10.5. The second-order valence-electron chi connectivity index (χ2n) is 5.05. The number of amides is 1.